The van der Waals surface area contributed by atoms with Crippen molar-refractivity contribution in [2.75, 3.05) is 33.5 Å². The van der Waals surface area contributed by atoms with Gasteiger partial charge in [-0.3, -0.25) is 4.99 Å². The molecule has 0 unspecified atom stereocenters. The number of hydrogen-bond donors (Lipinski definition) is 1. The molecule has 0 aromatic heterocycles. The van der Waals surface area contributed by atoms with Crippen molar-refractivity contribution < 1.29 is 14.2 Å². The number of methoxy groups -OCH3 is 1. The van der Waals surface area contributed by atoms with Gasteiger partial charge in [0, 0.05) is 26.5 Å². The zero-order chi connectivity index (χ0) is 37.0. The van der Waals surface area contributed by atoms with Crippen LogP contribution >= 0.6 is 0 Å². The van der Waals surface area contributed by atoms with E-state index in [1.54, 1.807) is 7.11 Å². The summed E-state index contributed by atoms with van der Waals surface area (Å²) in [5.74, 6) is 6.42. The third-order valence-corrected chi connectivity index (χ3v) is 10.4. The summed E-state index contributed by atoms with van der Waals surface area (Å²) < 4.78 is 17.6. The molecule has 0 radical (unpaired) electrons. The van der Waals surface area contributed by atoms with E-state index in [2.05, 4.69) is 46.6 Å². The van der Waals surface area contributed by atoms with Gasteiger partial charge in [-0.05, 0) is 59.3 Å². The summed E-state index contributed by atoms with van der Waals surface area (Å²) in [5, 5.41) is 4.01. The Kier molecular flexibility index (Phi) is 34.4. The smallest absolute Gasteiger partial charge is 0.103 e. The number of nitrogens with two attached hydrogens (primary N) is 1. The van der Waals surface area contributed by atoms with Gasteiger partial charge in [0.15, 0.2) is 0 Å². The van der Waals surface area contributed by atoms with Gasteiger partial charge in [0.25, 0.3) is 0 Å². The van der Waals surface area contributed by atoms with Crippen LogP contribution in [-0.2, 0) is 14.2 Å². The molecule has 0 spiro atoms. The van der Waals surface area contributed by atoms with Crippen molar-refractivity contribution in [1.82, 2.24) is 0 Å². The third-order valence-electron chi connectivity index (χ3n) is 10.4. The fourth-order valence-electron chi connectivity index (χ4n) is 6.62. The zero-order valence-electron chi connectivity index (χ0n) is 35.0. The van der Waals surface area contributed by atoms with Gasteiger partial charge in [0.2, 0.25) is 0 Å². The lowest BCUT2D eigenvalue weighted by molar-refractivity contribution is -0.0719. The highest BCUT2D eigenvalue weighted by molar-refractivity contribution is 6.31. The molecule has 0 amide bonds. The van der Waals surface area contributed by atoms with Crippen LogP contribution in [0.1, 0.15) is 221 Å². The van der Waals surface area contributed by atoms with Gasteiger partial charge in [-0.25, -0.2) is 0 Å². The van der Waals surface area contributed by atoms with Crippen LogP contribution in [0.2, 0.25) is 0 Å². The van der Waals surface area contributed by atoms with Crippen molar-refractivity contribution in [3.63, 3.8) is 0 Å². The Labute approximate surface area is 313 Å². The van der Waals surface area contributed by atoms with Gasteiger partial charge in [-0.15, -0.1) is 0 Å². The van der Waals surface area contributed by atoms with E-state index in [0.29, 0.717) is 31.5 Å². The maximum absolute atomic E-state index is 6.23. The predicted molar refractivity (Wildman–Crippen MR) is 221 cm³/mol. The number of hydrogen-bond acceptors (Lipinski definition) is 6. The molecule has 0 heterocycles. The summed E-state index contributed by atoms with van der Waals surface area (Å²) in [4.78, 5) is 4.87. The molecule has 0 fully saturated rings. The van der Waals surface area contributed by atoms with Gasteiger partial charge < -0.3 is 20.1 Å². The summed E-state index contributed by atoms with van der Waals surface area (Å²) in [5.41, 5.74) is 0.154. The summed E-state index contributed by atoms with van der Waals surface area (Å²) in [6, 6.07) is 0. The number of hydrazone groups is 1. The molecule has 0 atom stereocenters. The van der Waals surface area contributed by atoms with E-state index in [1.165, 1.54) is 167 Å². The molecule has 0 aromatic carbocycles. The lowest BCUT2D eigenvalue weighted by Crippen LogP contribution is -2.33. The first-order valence-corrected chi connectivity index (χ1v) is 21.7. The third kappa shape index (κ3) is 34.1. The van der Waals surface area contributed by atoms with Crippen molar-refractivity contribution in [1.29, 1.82) is 0 Å². The first-order valence-electron chi connectivity index (χ1n) is 21.7. The Bertz CT molecular complexity index is 740. The fraction of sp³-hybridized carbons (Fsp3) is 0.955. The molecule has 0 aliphatic carbocycles. The first-order chi connectivity index (χ1) is 24.2. The monoisotopic (exact) mass is 708 g/mol. The molecule has 0 aliphatic rings. The lowest BCUT2D eigenvalue weighted by Gasteiger charge is -2.29. The second kappa shape index (κ2) is 35.1. The number of unbranched alkanes of at least 4 members (excludes halogenated alkanes) is 22. The normalized spacial score (nSPS) is 13.0. The van der Waals surface area contributed by atoms with Crippen molar-refractivity contribution in [3.8, 4) is 0 Å². The average Bonchev–Trinajstić information content (AvgIpc) is 3.09. The lowest BCUT2D eigenvalue weighted by atomic mass is 9.94. The Morgan fingerprint density at radius 3 is 1.34 bits per heavy atom. The van der Waals surface area contributed by atoms with E-state index >= 15 is 0 Å². The second-order valence-corrected chi connectivity index (χ2v) is 16.5. The van der Waals surface area contributed by atoms with Crippen LogP contribution in [0.5, 0.6) is 0 Å². The number of ether oxygens (including phenoxy) is 3. The molecule has 0 rings (SSSR count). The molecule has 2 N–H and O–H groups in total. The van der Waals surface area contributed by atoms with Gasteiger partial charge >= 0.3 is 0 Å². The van der Waals surface area contributed by atoms with Crippen molar-refractivity contribution in [3.05, 3.63) is 0 Å². The number of nitrogens with zero attached hydrogens (tertiary/aromatic N) is 2. The Balaban J connectivity index is 4.57. The molecule has 298 valence electrons. The quantitative estimate of drug-likeness (QED) is 0.0298. The molecule has 0 saturated carbocycles. The molecule has 50 heavy (non-hydrogen) atoms. The summed E-state index contributed by atoms with van der Waals surface area (Å²) >= 11 is 0. The van der Waals surface area contributed by atoms with Crippen LogP contribution in [0.15, 0.2) is 10.1 Å². The Morgan fingerprint density at radius 2 is 0.940 bits per heavy atom. The molecule has 0 saturated heterocycles. The largest absolute Gasteiger partial charge is 0.385 e. The summed E-state index contributed by atoms with van der Waals surface area (Å²) in [6.07, 6.45) is 39.7. The van der Waals surface area contributed by atoms with Crippen molar-refractivity contribution >= 4 is 11.9 Å². The molecular formula is C44H89N3O3. The average molecular weight is 708 g/mol. The Hall–Kier alpha value is -0.980. The fourth-order valence-corrected chi connectivity index (χ4v) is 6.62. The predicted octanol–water partition coefficient (Wildman–Crippen LogP) is 13.2. The van der Waals surface area contributed by atoms with Gasteiger partial charge in [-0.2, -0.15) is 5.10 Å². The molecule has 0 bridgehead atoms. The standard InChI is InChI=1S/C44H89N3O3/c1-8-10-12-14-16-18-20-22-24-26-28-30-32-41(33-31-29-27-25-23-21-19-17-15-13-11-9-2)38-46-39-42(47-45)40-50-44(5,6)35-37-49-43(3,4)34-36-48-7/h39,41H,8-38,40,45H2,1-7H3. The molecule has 0 aromatic rings. The van der Waals surface area contributed by atoms with Crippen molar-refractivity contribution in [2.45, 2.75) is 233 Å². The molecule has 0 aliphatic heterocycles. The van der Waals surface area contributed by atoms with E-state index in [0.717, 1.165) is 19.4 Å². The van der Waals surface area contributed by atoms with Gasteiger partial charge in [0.1, 0.15) is 5.71 Å². The zero-order valence-corrected chi connectivity index (χ0v) is 35.0. The number of aliphatic imine (C=N–C) groups is 1. The minimum Gasteiger partial charge on any atom is -0.385 e. The minimum absolute atomic E-state index is 0.209. The summed E-state index contributed by atoms with van der Waals surface area (Å²) in [6.45, 7) is 15.6. The maximum Gasteiger partial charge on any atom is 0.103 e. The van der Waals surface area contributed by atoms with Gasteiger partial charge in [0.05, 0.1) is 24.4 Å². The molecule has 6 heteroatoms. The van der Waals surface area contributed by atoms with Crippen LogP contribution in [0.25, 0.3) is 0 Å². The van der Waals surface area contributed by atoms with Crippen LogP contribution in [0.4, 0.5) is 0 Å². The minimum atomic E-state index is -0.340. The van der Waals surface area contributed by atoms with E-state index in [9.17, 15) is 0 Å². The first kappa shape index (κ1) is 49.0. The number of rotatable bonds is 39. The topological polar surface area (TPSA) is 78.4 Å². The highest BCUT2D eigenvalue weighted by Gasteiger charge is 2.23. The van der Waals surface area contributed by atoms with E-state index in [1.807, 2.05) is 6.21 Å². The van der Waals surface area contributed by atoms with Crippen LogP contribution in [-0.4, -0.2) is 56.6 Å². The van der Waals surface area contributed by atoms with Crippen LogP contribution in [0, 0.1) is 5.92 Å². The highest BCUT2D eigenvalue weighted by Crippen LogP contribution is 2.22. The van der Waals surface area contributed by atoms with Crippen LogP contribution < -0.4 is 5.84 Å². The maximum atomic E-state index is 6.23. The SMILES string of the molecule is CCCCCCCCCCCCCCC(CCCCCCCCCCCCCC)CN=CC(COC(C)(C)CCOC(C)(C)CCOC)=NN. The second-order valence-electron chi connectivity index (χ2n) is 16.5. The van der Waals surface area contributed by atoms with E-state index < -0.39 is 0 Å². The van der Waals surface area contributed by atoms with E-state index in [4.69, 9.17) is 25.0 Å². The van der Waals surface area contributed by atoms with Crippen LogP contribution in [0.3, 0.4) is 0 Å². The Morgan fingerprint density at radius 1 is 0.560 bits per heavy atom. The molecular weight excluding hydrogens is 619 g/mol. The summed E-state index contributed by atoms with van der Waals surface area (Å²) in [7, 11) is 1.73. The highest BCUT2D eigenvalue weighted by atomic mass is 16.5. The van der Waals surface area contributed by atoms with Crippen molar-refractivity contribution in [2.24, 2.45) is 21.9 Å². The van der Waals surface area contributed by atoms with E-state index in [-0.39, 0.29) is 11.2 Å². The van der Waals surface area contributed by atoms with Gasteiger partial charge in [-0.1, -0.05) is 168 Å². The molecule has 6 nitrogen and oxygen atoms in total.